The molecule has 1 N–H and O–H groups in total. The van der Waals surface area contributed by atoms with E-state index in [4.69, 9.17) is 9.15 Å². The summed E-state index contributed by atoms with van der Waals surface area (Å²) < 4.78 is 10.9. The fraction of sp³-hybridized carbons (Fsp3) is 0.556. The van der Waals surface area contributed by atoms with E-state index >= 15 is 0 Å². The number of morpholine rings is 1. The number of carbonyl (C=O) groups excluding carboxylic acids is 3. The van der Waals surface area contributed by atoms with Gasteiger partial charge in [0.05, 0.1) is 13.2 Å². The highest BCUT2D eigenvalue weighted by Gasteiger charge is 2.50. The Kier molecular flexibility index (Phi) is 6.83. The number of nitrogens with one attached hydrogen (secondary N) is 1. The van der Waals surface area contributed by atoms with Crippen LogP contribution in [0.5, 0.6) is 0 Å². The zero-order valence-electron chi connectivity index (χ0n) is 21.1. The van der Waals surface area contributed by atoms with Gasteiger partial charge in [-0.25, -0.2) is 4.98 Å². The van der Waals surface area contributed by atoms with Crippen LogP contribution >= 0.6 is 0 Å². The van der Waals surface area contributed by atoms with E-state index in [1.165, 1.54) is 22.3 Å². The number of hydrogen-bond donors (Lipinski definition) is 1. The predicted octanol–water partition coefficient (Wildman–Crippen LogP) is 2.04. The third-order valence-corrected chi connectivity index (χ3v) is 7.46. The fourth-order valence-corrected chi connectivity index (χ4v) is 5.72. The lowest BCUT2D eigenvalue weighted by Crippen LogP contribution is -2.67. The standard InChI is InChI=1S/C27H34N4O5/c1-16(2)12-22-25(32)29-23(20-13-18-6-4-5-7-19(18)14-20)26(33)31(22)24(21-15-36-17(3)28-21)27(34)30-8-10-35-11-9-30/h4-7,15-16,20,22-24H,8-14H2,1-3H3,(H,29,32)/t22-,23-,24?/m1/s1. The van der Waals surface area contributed by atoms with Crippen molar-refractivity contribution in [3.05, 3.63) is 53.2 Å². The van der Waals surface area contributed by atoms with Crippen LogP contribution in [0.2, 0.25) is 0 Å². The summed E-state index contributed by atoms with van der Waals surface area (Å²) in [4.78, 5) is 49.5. The van der Waals surface area contributed by atoms with Crippen LogP contribution in [0.4, 0.5) is 0 Å². The first-order valence-electron chi connectivity index (χ1n) is 12.8. The number of oxazole rings is 1. The molecular formula is C27H34N4O5. The van der Waals surface area contributed by atoms with E-state index in [1.54, 1.807) is 11.8 Å². The van der Waals surface area contributed by atoms with Gasteiger partial charge >= 0.3 is 0 Å². The normalized spacial score (nSPS) is 23.7. The first-order valence-corrected chi connectivity index (χ1v) is 12.8. The lowest BCUT2D eigenvalue weighted by atomic mass is 9.88. The molecule has 1 aromatic carbocycles. The van der Waals surface area contributed by atoms with E-state index < -0.39 is 18.1 Å². The molecule has 2 fully saturated rings. The molecule has 1 unspecified atom stereocenters. The van der Waals surface area contributed by atoms with Gasteiger partial charge in [0.25, 0.3) is 5.91 Å². The maximum Gasteiger partial charge on any atom is 0.251 e. The van der Waals surface area contributed by atoms with Crippen molar-refractivity contribution in [2.24, 2.45) is 11.8 Å². The van der Waals surface area contributed by atoms with Crippen LogP contribution in [-0.2, 0) is 32.0 Å². The first kappa shape index (κ1) is 24.5. The number of piperazine rings is 1. The van der Waals surface area contributed by atoms with E-state index in [0.717, 1.165) is 0 Å². The van der Waals surface area contributed by atoms with E-state index in [1.807, 2.05) is 26.0 Å². The second-order valence-corrected chi connectivity index (χ2v) is 10.4. The molecule has 2 saturated heterocycles. The van der Waals surface area contributed by atoms with Gasteiger partial charge < -0.3 is 24.3 Å². The number of hydrogen-bond acceptors (Lipinski definition) is 6. The molecule has 0 spiro atoms. The van der Waals surface area contributed by atoms with Gasteiger partial charge in [-0.05, 0) is 42.2 Å². The highest BCUT2D eigenvalue weighted by atomic mass is 16.5. The summed E-state index contributed by atoms with van der Waals surface area (Å²) in [5, 5.41) is 3.04. The van der Waals surface area contributed by atoms with E-state index in [9.17, 15) is 14.4 Å². The lowest BCUT2D eigenvalue weighted by molar-refractivity contribution is -0.161. The van der Waals surface area contributed by atoms with Gasteiger partial charge in [0, 0.05) is 20.0 Å². The topological polar surface area (TPSA) is 105 Å². The highest BCUT2D eigenvalue weighted by Crippen LogP contribution is 2.35. The molecule has 0 saturated carbocycles. The maximum absolute atomic E-state index is 14.3. The van der Waals surface area contributed by atoms with Crippen molar-refractivity contribution in [1.82, 2.24) is 20.1 Å². The van der Waals surface area contributed by atoms with Gasteiger partial charge in [0.15, 0.2) is 11.9 Å². The molecule has 1 aromatic heterocycles. The van der Waals surface area contributed by atoms with E-state index in [2.05, 4.69) is 22.4 Å². The molecule has 36 heavy (non-hydrogen) atoms. The zero-order chi connectivity index (χ0) is 25.4. The average molecular weight is 495 g/mol. The van der Waals surface area contributed by atoms with Crippen molar-refractivity contribution in [3.63, 3.8) is 0 Å². The zero-order valence-corrected chi connectivity index (χ0v) is 21.1. The largest absolute Gasteiger partial charge is 0.449 e. The van der Waals surface area contributed by atoms with Crippen LogP contribution in [0, 0.1) is 18.8 Å². The molecule has 5 rings (SSSR count). The van der Waals surface area contributed by atoms with E-state index in [0.29, 0.717) is 57.2 Å². The summed E-state index contributed by atoms with van der Waals surface area (Å²) in [5.74, 6) is -0.227. The Bertz CT molecular complexity index is 1110. The van der Waals surface area contributed by atoms with Gasteiger partial charge in [0.2, 0.25) is 11.8 Å². The summed E-state index contributed by atoms with van der Waals surface area (Å²) in [6.07, 6.45) is 3.30. The summed E-state index contributed by atoms with van der Waals surface area (Å²) in [6.45, 7) is 7.44. The molecule has 192 valence electrons. The Morgan fingerprint density at radius 1 is 1.14 bits per heavy atom. The van der Waals surface area contributed by atoms with Gasteiger partial charge in [0.1, 0.15) is 24.0 Å². The summed E-state index contributed by atoms with van der Waals surface area (Å²) in [5.41, 5.74) is 2.76. The molecule has 3 heterocycles. The molecule has 3 atom stereocenters. The molecule has 0 bridgehead atoms. The molecule has 2 aromatic rings. The van der Waals surface area contributed by atoms with Gasteiger partial charge in [-0.2, -0.15) is 0 Å². The monoisotopic (exact) mass is 494 g/mol. The summed E-state index contributed by atoms with van der Waals surface area (Å²) in [7, 11) is 0. The van der Waals surface area contributed by atoms with Crippen LogP contribution < -0.4 is 5.32 Å². The quantitative estimate of drug-likeness (QED) is 0.659. The van der Waals surface area contributed by atoms with Crippen LogP contribution in [0.25, 0.3) is 0 Å². The first-order chi connectivity index (χ1) is 17.3. The Hall–Kier alpha value is -3.20. The predicted molar refractivity (Wildman–Crippen MR) is 131 cm³/mol. The van der Waals surface area contributed by atoms with Crippen molar-refractivity contribution in [2.45, 2.75) is 58.2 Å². The van der Waals surface area contributed by atoms with Crippen molar-refractivity contribution in [2.75, 3.05) is 26.3 Å². The number of amides is 3. The Morgan fingerprint density at radius 2 is 1.81 bits per heavy atom. The molecule has 9 nitrogen and oxygen atoms in total. The number of benzene rings is 1. The second kappa shape index (κ2) is 10.0. The molecule has 9 heteroatoms. The minimum absolute atomic E-state index is 0.0699. The average Bonchev–Trinajstić information content (AvgIpc) is 3.49. The third kappa shape index (κ3) is 4.64. The van der Waals surface area contributed by atoms with Crippen LogP contribution in [-0.4, -0.2) is 70.9 Å². The van der Waals surface area contributed by atoms with Crippen LogP contribution in [0.15, 0.2) is 34.9 Å². The Labute approximate surface area is 211 Å². The number of fused-ring (bicyclic) bond motifs is 1. The van der Waals surface area contributed by atoms with Gasteiger partial charge in [-0.15, -0.1) is 0 Å². The smallest absolute Gasteiger partial charge is 0.251 e. The molecule has 3 amide bonds. The maximum atomic E-state index is 14.3. The van der Waals surface area contributed by atoms with Crippen molar-refractivity contribution >= 4 is 17.7 Å². The Morgan fingerprint density at radius 3 is 2.39 bits per heavy atom. The summed E-state index contributed by atoms with van der Waals surface area (Å²) in [6, 6.07) is 5.63. The molecule has 3 aliphatic rings. The summed E-state index contributed by atoms with van der Waals surface area (Å²) >= 11 is 0. The number of carbonyl (C=O) groups is 3. The van der Waals surface area contributed by atoms with Gasteiger partial charge in [-0.1, -0.05) is 38.1 Å². The SMILES string of the molecule is Cc1nc(C(C(=O)N2CCOCC2)N2C(=O)[C@@H](C3Cc4ccccc4C3)NC(=O)[C@H]2CC(C)C)co1. The van der Waals surface area contributed by atoms with Gasteiger partial charge in [-0.3, -0.25) is 14.4 Å². The van der Waals surface area contributed by atoms with Crippen LogP contribution in [0.1, 0.15) is 49.0 Å². The lowest BCUT2D eigenvalue weighted by Gasteiger charge is -2.45. The third-order valence-electron chi connectivity index (χ3n) is 7.46. The molecule has 0 radical (unpaired) electrons. The number of aryl methyl sites for hydroxylation is 1. The number of ether oxygens (including phenoxy) is 1. The fourth-order valence-electron chi connectivity index (χ4n) is 5.72. The minimum atomic E-state index is -1.03. The van der Waals surface area contributed by atoms with Crippen molar-refractivity contribution in [3.8, 4) is 0 Å². The van der Waals surface area contributed by atoms with Crippen molar-refractivity contribution < 1.29 is 23.5 Å². The molecule has 1 aliphatic carbocycles. The van der Waals surface area contributed by atoms with E-state index in [-0.39, 0.29) is 29.6 Å². The number of aromatic nitrogens is 1. The van der Waals surface area contributed by atoms with Crippen molar-refractivity contribution in [1.29, 1.82) is 0 Å². The van der Waals surface area contributed by atoms with Crippen LogP contribution in [0.3, 0.4) is 0 Å². The number of nitrogens with zero attached hydrogens (tertiary/aromatic N) is 3. The molecule has 2 aliphatic heterocycles. The highest BCUT2D eigenvalue weighted by molar-refractivity contribution is 6.00. The second-order valence-electron chi connectivity index (χ2n) is 10.4. The number of rotatable bonds is 6. The minimum Gasteiger partial charge on any atom is -0.449 e. The molecular weight excluding hydrogens is 460 g/mol. The Balaban J connectivity index is 1.53.